The highest BCUT2D eigenvalue weighted by Gasteiger charge is 2.07. The fourth-order valence-corrected chi connectivity index (χ4v) is 2.37. The predicted molar refractivity (Wildman–Crippen MR) is 75.1 cm³/mol. The molecule has 7 heteroatoms. The lowest BCUT2D eigenvalue weighted by Crippen LogP contribution is -2.06. The molecule has 0 aliphatic rings. The molecule has 0 amide bonds. The van der Waals surface area contributed by atoms with Crippen LogP contribution in [-0.2, 0) is 23.4 Å². The number of rotatable bonds is 4. The van der Waals surface area contributed by atoms with Gasteiger partial charge in [0.25, 0.3) is 0 Å². The van der Waals surface area contributed by atoms with E-state index in [4.69, 9.17) is 11.6 Å². The normalized spacial score (nSPS) is 11.5. The van der Waals surface area contributed by atoms with Gasteiger partial charge in [-0.3, -0.25) is 0 Å². The highest BCUT2D eigenvalue weighted by atomic mass is 35.5. The molecule has 0 aliphatic carbocycles. The average molecular weight is 300 g/mol. The molecule has 0 saturated heterocycles. The van der Waals surface area contributed by atoms with Gasteiger partial charge < -0.3 is 9.88 Å². The van der Waals surface area contributed by atoms with Gasteiger partial charge in [-0.1, -0.05) is 11.6 Å². The number of imidazole rings is 1. The van der Waals surface area contributed by atoms with E-state index in [-0.39, 0.29) is 0 Å². The molecule has 1 aromatic carbocycles. The van der Waals surface area contributed by atoms with Gasteiger partial charge in [0, 0.05) is 19.0 Å². The molecule has 1 heterocycles. The molecule has 0 bridgehead atoms. The van der Waals surface area contributed by atoms with Crippen LogP contribution >= 0.6 is 11.6 Å². The Morgan fingerprint density at radius 3 is 2.42 bits per heavy atom. The summed E-state index contributed by atoms with van der Waals surface area (Å²) in [5, 5.41) is 3.73. The van der Waals surface area contributed by atoms with Crippen LogP contribution in [0, 0.1) is 0 Å². The SMILES string of the molecule is Cn1c(Cl)cnc1CNc1ccc(S(C)(=O)=O)cc1. The summed E-state index contributed by atoms with van der Waals surface area (Å²) < 4.78 is 24.4. The van der Waals surface area contributed by atoms with E-state index in [0.29, 0.717) is 16.6 Å². The van der Waals surface area contributed by atoms with Crippen LogP contribution in [-0.4, -0.2) is 24.2 Å². The van der Waals surface area contributed by atoms with E-state index in [0.717, 1.165) is 11.5 Å². The summed E-state index contributed by atoms with van der Waals surface area (Å²) in [7, 11) is -1.32. The number of aromatic nitrogens is 2. The maximum atomic E-state index is 11.3. The first kappa shape index (κ1) is 13.9. The molecule has 2 rings (SSSR count). The van der Waals surface area contributed by atoms with Gasteiger partial charge >= 0.3 is 0 Å². The van der Waals surface area contributed by atoms with E-state index in [1.165, 1.54) is 6.26 Å². The highest BCUT2D eigenvalue weighted by molar-refractivity contribution is 7.90. The van der Waals surface area contributed by atoms with Crippen molar-refractivity contribution in [1.82, 2.24) is 9.55 Å². The Morgan fingerprint density at radius 1 is 1.32 bits per heavy atom. The number of sulfone groups is 1. The first-order chi connectivity index (χ1) is 8.88. The molecule has 1 aromatic heterocycles. The van der Waals surface area contributed by atoms with Crippen molar-refractivity contribution in [2.75, 3.05) is 11.6 Å². The summed E-state index contributed by atoms with van der Waals surface area (Å²) in [4.78, 5) is 4.46. The lowest BCUT2D eigenvalue weighted by atomic mass is 10.3. The van der Waals surface area contributed by atoms with E-state index in [2.05, 4.69) is 10.3 Å². The Bertz CT molecular complexity index is 678. The van der Waals surface area contributed by atoms with Crippen LogP contribution in [0.4, 0.5) is 5.69 Å². The summed E-state index contributed by atoms with van der Waals surface area (Å²) in [6, 6.07) is 6.59. The molecule has 0 fully saturated rings. The predicted octanol–water partition coefficient (Wildman–Crippen LogP) is 2.09. The topological polar surface area (TPSA) is 64.0 Å². The zero-order chi connectivity index (χ0) is 14.0. The van der Waals surface area contributed by atoms with E-state index < -0.39 is 9.84 Å². The van der Waals surface area contributed by atoms with Crippen molar-refractivity contribution in [1.29, 1.82) is 0 Å². The van der Waals surface area contributed by atoms with Crippen molar-refractivity contribution in [3.05, 3.63) is 41.4 Å². The fourth-order valence-electron chi connectivity index (χ4n) is 1.59. The third kappa shape index (κ3) is 3.27. The van der Waals surface area contributed by atoms with Crippen LogP contribution in [0.25, 0.3) is 0 Å². The van der Waals surface area contributed by atoms with Crippen LogP contribution in [0.15, 0.2) is 35.4 Å². The van der Waals surface area contributed by atoms with E-state index in [9.17, 15) is 8.42 Å². The fraction of sp³-hybridized carbons (Fsp3) is 0.250. The molecule has 0 radical (unpaired) electrons. The molecule has 0 aliphatic heterocycles. The molecule has 5 nitrogen and oxygen atoms in total. The third-order valence-electron chi connectivity index (χ3n) is 2.76. The first-order valence-electron chi connectivity index (χ1n) is 5.58. The van der Waals surface area contributed by atoms with E-state index >= 15 is 0 Å². The summed E-state index contributed by atoms with van der Waals surface area (Å²) >= 11 is 5.89. The third-order valence-corrected chi connectivity index (χ3v) is 4.24. The number of hydrogen-bond donors (Lipinski definition) is 1. The maximum absolute atomic E-state index is 11.3. The molecule has 19 heavy (non-hydrogen) atoms. The minimum absolute atomic E-state index is 0.304. The van der Waals surface area contributed by atoms with Gasteiger partial charge in [0.1, 0.15) is 11.0 Å². The molecule has 1 N–H and O–H groups in total. The second kappa shape index (κ2) is 5.22. The number of hydrogen-bond acceptors (Lipinski definition) is 4. The molecular weight excluding hydrogens is 286 g/mol. The molecule has 0 unspecified atom stereocenters. The lowest BCUT2D eigenvalue weighted by Gasteiger charge is -2.07. The Labute approximate surface area is 117 Å². The van der Waals surface area contributed by atoms with E-state index in [1.807, 2.05) is 7.05 Å². The second-order valence-corrected chi connectivity index (χ2v) is 6.61. The van der Waals surface area contributed by atoms with Crippen molar-refractivity contribution in [2.24, 2.45) is 7.05 Å². The average Bonchev–Trinajstić information content (AvgIpc) is 2.67. The molecule has 0 saturated carbocycles. The molecule has 0 atom stereocenters. The lowest BCUT2D eigenvalue weighted by molar-refractivity contribution is 0.602. The van der Waals surface area contributed by atoms with Crippen LogP contribution in [0.5, 0.6) is 0 Å². The van der Waals surface area contributed by atoms with E-state index in [1.54, 1.807) is 35.0 Å². The summed E-state index contributed by atoms with van der Waals surface area (Å²) in [6.45, 7) is 0.515. The monoisotopic (exact) mass is 299 g/mol. The van der Waals surface area contributed by atoms with Gasteiger partial charge in [-0.25, -0.2) is 13.4 Å². The zero-order valence-corrected chi connectivity index (χ0v) is 12.2. The summed E-state index contributed by atoms with van der Waals surface area (Å²) in [6.07, 6.45) is 2.77. The number of halogens is 1. The van der Waals surface area contributed by atoms with Crippen molar-refractivity contribution < 1.29 is 8.42 Å². The van der Waals surface area contributed by atoms with Gasteiger partial charge in [-0.2, -0.15) is 0 Å². The Balaban J connectivity index is 2.07. The summed E-state index contributed by atoms with van der Waals surface area (Å²) in [5.74, 6) is 0.803. The van der Waals surface area contributed by atoms with Crippen molar-refractivity contribution in [3.63, 3.8) is 0 Å². The number of nitrogens with zero attached hydrogens (tertiary/aromatic N) is 2. The minimum atomic E-state index is -3.15. The maximum Gasteiger partial charge on any atom is 0.175 e. The zero-order valence-electron chi connectivity index (χ0n) is 10.6. The number of anilines is 1. The van der Waals surface area contributed by atoms with Crippen LogP contribution in [0.3, 0.4) is 0 Å². The smallest absolute Gasteiger partial charge is 0.175 e. The standard InChI is InChI=1S/C12H14ClN3O2S/c1-16-11(13)7-15-12(16)8-14-9-3-5-10(6-4-9)19(2,17)18/h3-7,14H,8H2,1-2H3. The van der Waals surface area contributed by atoms with Crippen LogP contribution < -0.4 is 5.32 Å². The molecule has 2 aromatic rings. The minimum Gasteiger partial charge on any atom is -0.378 e. The van der Waals surface area contributed by atoms with Gasteiger partial charge in [0.2, 0.25) is 0 Å². The summed E-state index contributed by atoms with van der Waals surface area (Å²) in [5.41, 5.74) is 0.825. The Morgan fingerprint density at radius 2 is 1.95 bits per heavy atom. The van der Waals surface area contributed by atoms with Gasteiger partial charge in [-0.15, -0.1) is 0 Å². The highest BCUT2D eigenvalue weighted by Crippen LogP contribution is 2.15. The quantitative estimate of drug-likeness (QED) is 0.939. The number of nitrogens with one attached hydrogen (secondary N) is 1. The van der Waals surface area contributed by atoms with Crippen molar-refractivity contribution in [2.45, 2.75) is 11.4 Å². The van der Waals surface area contributed by atoms with Gasteiger partial charge in [0.05, 0.1) is 17.6 Å². The molecular formula is C12H14ClN3O2S. The first-order valence-corrected chi connectivity index (χ1v) is 7.85. The largest absolute Gasteiger partial charge is 0.378 e. The second-order valence-electron chi connectivity index (χ2n) is 4.21. The van der Waals surface area contributed by atoms with Gasteiger partial charge in [0.15, 0.2) is 9.84 Å². The van der Waals surface area contributed by atoms with Crippen LogP contribution in [0.1, 0.15) is 5.82 Å². The number of benzene rings is 1. The van der Waals surface area contributed by atoms with Crippen molar-refractivity contribution in [3.8, 4) is 0 Å². The van der Waals surface area contributed by atoms with Crippen molar-refractivity contribution >= 4 is 27.1 Å². The Kier molecular flexibility index (Phi) is 3.82. The van der Waals surface area contributed by atoms with Crippen LogP contribution in [0.2, 0.25) is 5.15 Å². The van der Waals surface area contributed by atoms with Gasteiger partial charge in [-0.05, 0) is 24.3 Å². The molecule has 102 valence electrons. The molecule has 0 spiro atoms. The Hall–Kier alpha value is -1.53.